The van der Waals surface area contributed by atoms with Gasteiger partial charge < -0.3 is 10.6 Å². The Labute approximate surface area is 171 Å². The van der Waals surface area contributed by atoms with Gasteiger partial charge in [-0.25, -0.2) is 4.79 Å². The molecule has 0 radical (unpaired) electrons. The highest BCUT2D eigenvalue weighted by atomic mass is 79.9. The van der Waals surface area contributed by atoms with Crippen molar-refractivity contribution in [2.24, 2.45) is 0 Å². The Kier molecular flexibility index (Phi) is 5.35. The van der Waals surface area contributed by atoms with E-state index in [0.717, 1.165) is 37.6 Å². The standard InChI is InChI=1S/C23H18BrN3O/c24-21-8-4-5-9-22(21)27-23(28)26-14-17-10-11-18(16-6-2-1-3-7-16)19-12-13-25-15-20(17)19/h1-13,15H,14H2,(H2,26,27,28). The van der Waals surface area contributed by atoms with Crippen molar-refractivity contribution in [3.63, 3.8) is 0 Å². The zero-order valence-electron chi connectivity index (χ0n) is 15.0. The molecular formula is C23H18BrN3O. The number of carbonyl (C=O) groups is 1. The molecule has 0 unspecified atom stereocenters. The molecular weight excluding hydrogens is 414 g/mol. The highest BCUT2D eigenvalue weighted by Gasteiger charge is 2.10. The number of nitrogens with one attached hydrogen (secondary N) is 2. The summed E-state index contributed by atoms with van der Waals surface area (Å²) in [4.78, 5) is 16.6. The third kappa shape index (κ3) is 3.89. The first-order chi connectivity index (χ1) is 13.7. The van der Waals surface area contributed by atoms with E-state index in [9.17, 15) is 4.79 Å². The maximum absolute atomic E-state index is 12.3. The summed E-state index contributed by atoms with van der Waals surface area (Å²) >= 11 is 3.43. The summed E-state index contributed by atoms with van der Waals surface area (Å²) in [6, 6.07) is 23.7. The van der Waals surface area contributed by atoms with E-state index < -0.39 is 0 Å². The van der Waals surface area contributed by atoms with Crippen LogP contribution in [0.25, 0.3) is 21.9 Å². The van der Waals surface area contributed by atoms with Crippen LogP contribution in [-0.2, 0) is 6.54 Å². The molecule has 0 fully saturated rings. The van der Waals surface area contributed by atoms with Crippen LogP contribution in [0.1, 0.15) is 5.56 Å². The van der Waals surface area contributed by atoms with E-state index in [2.05, 4.69) is 49.7 Å². The number of urea groups is 1. The number of aromatic nitrogens is 1. The fraction of sp³-hybridized carbons (Fsp3) is 0.0435. The first-order valence-electron chi connectivity index (χ1n) is 8.93. The van der Waals surface area contributed by atoms with Crippen LogP contribution in [0.2, 0.25) is 0 Å². The van der Waals surface area contributed by atoms with E-state index in [0.29, 0.717) is 6.54 Å². The van der Waals surface area contributed by atoms with Crippen molar-refractivity contribution in [3.05, 3.63) is 95.2 Å². The molecule has 1 aromatic heterocycles. The molecule has 0 aliphatic rings. The fourth-order valence-corrected chi connectivity index (χ4v) is 3.56. The topological polar surface area (TPSA) is 54.0 Å². The minimum atomic E-state index is -0.254. The average Bonchev–Trinajstić information content (AvgIpc) is 2.74. The number of amides is 2. The first-order valence-corrected chi connectivity index (χ1v) is 9.72. The fourth-order valence-electron chi connectivity index (χ4n) is 3.18. The number of pyridine rings is 1. The van der Waals surface area contributed by atoms with Gasteiger partial charge in [0.2, 0.25) is 0 Å². The molecule has 0 bridgehead atoms. The third-order valence-electron chi connectivity index (χ3n) is 4.55. The van der Waals surface area contributed by atoms with Gasteiger partial charge in [-0.05, 0) is 56.2 Å². The van der Waals surface area contributed by atoms with Crippen molar-refractivity contribution in [3.8, 4) is 11.1 Å². The zero-order valence-corrected chi connectivity index (χ0v) is 16.6. The van der Waals surface area contributed by atoms with E-state index in [1.807, 2.05) is 60.8 Å². The van der Waals surface area contributed by atoms with Crippen molar-refractivity contribution < 1.29 is 4.79 Å². The summed E-state index contributed by atoms with van der Waals surface area (Å²) in [6.07, 6.45) is 3.65. The monoisotopic (exact) mass is 431 g/mol. The molecule has 4 rings (SSSR count). The lowest BCUT2D eigenvalue weighted by Crippen LogP contribution is -2.28. The minimum absolute atomic E-state index is 0.254. The molecule has 4 nitrogen and oxygen atoms in total. The quantitative estimate of drug-likeness (QED) is 0.417. The van der Waals surface area contributed by atoms with Gasteiger partial charge in [0.15, 0.2) is 0 Å². The summed E-state index contributed by atoms with van der Waals surface area (Å²) < 4.78 is 0.840. The number of halogens is 1. The van der Waals surface area contributed by atoms with Gasteiger partial charge in [-0.15, -0.1) is 0 Å². The molecule has 4 aromatic rings. The zero-order chi connectivity index (χ0) is 19.3. The first kappa shape index (κ1) is 18.2. The lowest BCUT2D eigenvalue weighted by Gasteiger charge is -2.13. The van der Waals surface area contributed by atoms with Crippen molar-refractivity contribution in [2.75, 3.05) is 5.32 Å². The molecule has 0 saturated carbocycles. The Hall–Kier alpha value is -3.18. The van der Waals surface area contributed by atoms with Crippen LogP contribution in [0.5, 0.6) is 0 Å². The lowest BCUT2D eigenvalue weighted by atomic mass is 9.96. The van der Waals surface area contributed by atoms with E-state index >= 15 is 0 Å². The summed E-state index contributed by atoms with van der Waals surface area (Å²) in [5, 5.41) is 7.93. The number of benzene rings is 3. The Bertz CT molecular complexity index is 1130. The number of nitrogens with zero attached hydrogens (tertiary/aromatic N) is 1. The van der Waals surface area contributed by atoms with Crippen LogP contribution in [0.4, 0.5) is 10.5 Å². The van der Waals surface area contributed by atoms with Gasteiger partial charge >= 0.3 is 6.03 Å². The van der Waals surface area contributed by atoms with Crippen molar-refractivity contribution >= 4 is 38.4 Å². The highest BCUT2D eigenvalue weighted by Crippen LogP contribution is 2.30. The molecule has 0 aliphatic heterocycles. The summed E-state index contributed by atoms with van der Waals surface area (Å²) in [6.45, 7) is 0.410. The molecule has 0 atom stereocenters. The molecule has 2 amide bonds. The van der Waals surface area contributed by atoms with E-state index in [1.54, 1.807) is 6.20 Å². The molecule has 28 heavy (non-hydrogen) atoms. The Morgan fingerprint density at radius 3 is 2.50 bits per heavy atom. The lowest BCUT2D eigenvalue weighted by molar-refractivity contribution is 0.252. The van der Waals surface area contributed by atoms with Gasteiger partial charge in [-0.2, -0.15) is 0 Å². The largest absolute Gasteiger partial charge is 0.334 e. The molecule has 0 saturated heterocycles. The number of carbonyl (C=O) groups excluding carboxylic acids is 1. The average molecular weight is 432 g/mol. The number of hydrogen-bond donors (Lipinski definition) is 2. The Balaban J connectivity index is 1.57. The predicted octanol–water partition coefficient (Wildman–Crippen LogP) is 5.99. The Morgan fingerprint density at radius 1 is 0.893 bits per heavy atom. The van der Waals surface area contributed by atoms with Crippen LogP contribution in [-0.4, -0.2) is 11.0 Å². The van der Waals surface area contributed by atoms with Crippen LogP contribution in [0, 0.1) is 0 Å². The number of rotatable bonds is 4. The summed E-state index contributed by atoms with van der Waals surface area (Å²) in [7, 11) is 0. The molecule has 5 heteroatoms. The second kappa shape index (κ2) is 8.23. The van der Waals surface area contributed by atoms with E-state index in [4.69, 9.17) is 0 Å². The number of anilines is 1. The maximum Gasteiger partial charge on any atom is 0.319 e. The van der Waals surface area contributed by atoms with Gasteiger partial charge in [0.1, 0.15) is 0 Å². The van der Waals surface area contributed by atoms with Crippen molar-refractivity contribution in [2.45, 2.75) is 6.54 Å². The normalized spacial score (nSPS) is 10.6. The third-order valence-corrected chi connectivity index (χ3v) is 5.25. The highest BCUT2D eigenvalue weighted by molar-refractivity contribution is 9.10. The number of fused-ring (bicyclic) bond motifs is 1. The van der Waals surface area contributed by atoms with Gasteiger partial charge in [0.25, 0.3) is 0 Å². The molecule has 2 N–H and O–H groups in total. The van der Waals surface area contributed by atoms with Gasteiger partial charge in [-0.3, -0.25) is 4.98 Å². The molecule has 0 aliphatic carbocycles. The molecule has 0 spiro atoms. The van der Waals surface area contributed by atoms with Crippen LogP contribution < -0.4 is 10.6 Å². The Morgan fingerprint density at radius 2 is 1.68 bits per heavy atom. The maximum atomic E-state index is 12.3. The van der Waals surface area contributed by atoms with Crippen molar-refractivity contribution in [1.82, 2.24) is 10.3 Å². The number of para-hydroxylation sites is 1. The van der Waals surface area contributed by atoms with Gasteiger partial charge in [0, 0.05) is 28.8 Å². The predicted molar refractivity (Wildman–Crippen MR) is 117 cm³/mol. The van der Waals surface area contributed by atoms with Crippen molar-refractivity contribution in [1.29, 1.82) is 0 Å². The smallest absolute Gasteiger partial charge is 0.319 e. The number of hydrogen-bond acceptors (Lipinski definition) is 2. The molecule has 138 valence electrons. The van der Waals surface area contributed by atoms with Crippen LogP contribution in [0.3, 0.4) is 0 Å². The van der Waals surface area contributed by atoms with Gasteiger partial charge in [0.05, 0.1) is 5.69 Å². The minimum Gasteiger partial charge on any atom is -0.334 e. The van der Waals surface area contributed by atoms with Gasteiger partial charge in [-0.1, -0.05) is 54.6 Å². The van der Waals surface area contributed by atoms with E-state index in [-0.39, 0.29) is 6.03 Å². The second-order valence-electron chi connectivity index (χ2n) is 6.35. The second-order valence-corrected chi connectivity index (χ2v) is 7.20. The summed E-state index contributed by atoms with van der Waals surface area (Å²) in [5.41, 5.74) is 4.06. The van der Waals surface area contributed by atoms with E-state index in [1.165, 1.54) is 0 Å². The SMILES string of the molecule is O=C(NCc1ccc(-c2ccccc2)c2ccncc12)Nc1ccccc1Br. The van der Waals surface area contributed by atoms with Crippen LogP contribution >= 0.6 is 15.9 Å². The molecule has 3 aromatic carbocycles. The molecule has 1 heterocycles. The summed E-state index contributed by atoms with van der Waals surface area (Å²) in [5.74, 6) is 0. The van der Waals surface area contributed by atoms with Crippen LogP contribution in [0.15, 0.2) is 89.7 Å².